The van der Waals surface area contributed by atoms with E-state index in [0.717, 1.165) is 10.9 Å². The van der Waals surface area contributed by atoms with Gasteiger partial charge in [-0.05, 0) is 31.4 Å². The number of carboxylic acids is 1. The topological polar surface area (TPSA) is 70.8 Å². The molecule has 0 spiro atoms. The summed E-state index contributed by atoms with van der Waals surface area (Å²) in [6.07, 6.45) is 1.33. The highest BCUT2D eigenvalue weighted by molar-refractivity contribution is 5.97. The number of aryl methyl sites for hydroxylation is 1. The van der Waals surface area contributed by atoms with Gasteiger partial charge >= 0.3 is 5.97 Å². The molecule has 5 nitrogen and oxygen atoms in total. The summed E-state index contributed by atoms with van der Waals surface area (Å²) in [7, 11) is 0. The third kappa shape index (κ3) is 2.51. The summed E-state index contributed by atoms with van der Waals surface area (Å²) in [6, 6.07) is 7.48. The van der Waals surface area contributed by atoms with E-state index in [1.807, 2.05) is 25.1 Å². The highest BCUT2D eigenvalue weighted by Gasteiger charge is 2.30. The average molecular weight is 287 g/mol. The summed E-state index contributed by atoms with van der Waals surface area (Å²) in [6.45, 7) is 2.77. The van der Waals surface area contributed by atoms with Crippen LogP contribution in [0.4, 0.5) is 0 Å². The van der Waals surface area contributed by atoms with E-state index in [0.29, 0.717) is 25.0 Å². The highest BCUT2D eigenvalue weighted by atomic mass is 16.4. The normalized spacial score (nSPS) is 18.9. The highest BCUT2D eigenvalue weighted by Crippen LogP contribution is 2.25. The van der Waals surface area contributed by atoms with Crippen LogP contribution in [0, 0.1) is 12.8 Å². The summed E-state index contributed by atoms with van der Waals surface area (Å²) >= 11 is 0. The Kier molecular flexibility index (Phi) is 3.41. The minimum atomic E-state index is -0.840. The molecule has 1 N–H and O–H groups in total. The first-order chi connectivity index (χ1) is 10.1. The summed E-state index contributed by atoms with van der Waals surface area (Å²) in [5.41, 5.74) is 1.70. The molecule has 1 amide bonds. The number of benzene rings is 1. The van der Waals surface area contributed by atoms with E-state index in [1.54, 1.807) is 11.0 Å². The van der Waals surface area contributed by atoms with Gasteiger partial charge in [0.1, 0.15) is 5.58 Å². The van der Waals surface area contributed by atoms with Crippen molar-refractivity contribution in [2.75, 3.05) is 13.1 Å². The fourth-order valence-corrected chi connectivity index (χ4v) is 2.83. The van der Waals surface area contributed by atoms with Crippen LogP contribution in [-0.2, 0) is 4.79 Å². The van der Waals surface area contributed by atoms with Gasteiger partial charge in [-0.2, -0.15) is 0 Å². The molecule has 1 aliphatic rings. The largest absolute Gasteiger partial charge is 0.481 e. The quantitative estimate of drug-likeness (QED) is 0.921. The maximum atomic E-state index is 12.5. The Balaban J connectivity index is 1.86. The van der Waals surface area contributed by atoms with Crippen molar-refractivity contribution < 1.29 is 19.1 Å². The zero-order chi connectivity index (χ0) is 15.0. The van der Waals surface area contributed by atoms with Crippen molar-refractivity contribution in [3.8, 4) is 0 Å². The number of piperidine rings is 1. The number of likely N-dealkylation sites (tertiary alicyclic amines) is 1. The van der Waals surface area contributed by atoms with Gasteiger partial charge in [0.2, 0.25) is 0 Å². The third-order valence-corrected chi connectivity index (χ3v) is 4.01. The molecule has 1 atom stereocenters. The summed E-state index contributed by atoms with van der Waals surface area (Å²) < 4.78 is 5.67. The molecule has 1 aromatic heterocycles. The first-order valence-corrected chi connectivity index (χ1v) is 7.07. The number of para-hydroxylation sites is 1. The van der Waals surface area contributed by atoms with Crippen LogP contribution in [0.2, 0.25) is 0 Å². The fourth-order valence-electron chi connectivity index (χ4n) is 2.83. The fraction of sp³-hybridized carbons (Fsp3) is 0.375. The van der Waals surface area contributed by atoms with Gasteiger partial charge in [0.25, 0.3) is 5.91 Å². The van der Waals surface area contributed by atoms with Crippen LogP contribution in [0.3, 0.4) is 0 Å². The molecular formula is C16H17NO4. The molecule has 0 bridgehead atoms. The Labute approximate surface area is 122 Å². The standard InChI is InChI=1S/C16H17NO4/c1-10-4-2-5-11-8-13(21-14(10)11)15(18)17-7-3-6-12(9-17)16(19)20/h2,4-5,8,12H,3,6-7,9H2,1H3,(H,19,20)/t12-/m0/s1. The minimum Gasteiger partial charge on any atom is -0.481 e. The molecule has 1 saturated heterocycles. The maximum Gasteiger partial charge on any atom is 0.308 e. The van der Waals surface area contributed by atoms with Crippen LogP contribution < -0.4 is 0 Å². The SMILES string of the molecule is Cc1cccc2cc(C(=O)N3CCC[C@H](C(=O)O)C3)oc12. The molecule has 0 unspecified atom stereocenters. The molecule has 0 radical (unpaired) electrons. The molecule has 1 fully saturated rings. The molecule has 21 heavy (non-hydrogen) atoms. The second-order valence-electron chi connectivity index (χ2n) is 5.53. The lowest BCUT2D eigenvalue weighted by Gasteiger charge is -2.29. The number of nitrogens with zero attached hydrogens (tertiary/aromatic N) is 1. The Hall–Kier alpha value is -2.30. The van der Waals surface area contributed by atoms with E-state index in [-0.39, 0.29) is 18.2 Å². The van der Waals surface area contributed by atoms with Crippen molar-refractivity contribution in [3.05, 3.63) is 35.6 Å². The van der Waals surface area contributed by atoms with Gasteiger partial charge in [-0.1, -0.05) is 18.2 Å². The van der Waals surface area contributed by atoms with Crippen molar-refractivity contribution in [2.24, 2.45) is 5.92 Å². The Morgan fingerprint density at radius 2 is 2.19 bits per heavy atom. The van der Waals surface area contributed by atoms with Gasteiger partial charge in [0.05, 0.1) is 5.92 Å². The van der Waals surface area contributed by atoms with E-state index in [9.17, 15) is 9.59 Å². The van der Waals surface area contributed by atoms with Gasteiger partial charge in [-0.25, -0.2) is 0 Å². The molecule has 3 rings (SSSR count). The van der Waals surface area contributed by atoms with E-state index in [2.05, 4.69) is 0 Å². The van der Waals surface area contributed by atoms with Crippen molar-refractivity contribution in [1.29, 1.82) is 0 Å². The summed E-state index contributed by atoms with van der Waals surface area (Å²) in [5.74, 6) is -1.26. The van der Waals surface area contributed by atoms with Gasteiger partial charge in [-0.15, -0.1) is 0 Å². The Morgan fingerprint density at radius 3 is 2.90 bits per heavy atom. The molecule has 1 aromatic carbocycles. The number of hydrogen-bond acceptors (Lipinski definition) is 3. The van der Waals surface area contributed by atoms with E-state index in [4.69, 9.17) is 9.52 Å². The predicted molar refractivity (Wildman–Crippen MR) is 77.2 cm³/mol. The second kappa shape index (κ2) is 5.24. The zero-order valence-corrected chi connectivity index (χ0v) is 11.8. The second-order valence-corrected chi connectivity index (χ2v) is 5.53. The van der Waals surface area contributed by atoms with Crippen LogP contribution in [0.25, 0.3) is 11.0 Å². The van der Waals surface area contributed by atoms with Crippen molar-refractivity contribution in [1.82, 2.24) is 4.90 Å². The molecule has 5 heteroatoms. The van der Waals surface area contributed by atoms with Gasteiger partial charge in [0, 0.05) is 18.5 Å². The molecule has 0 aliphatic carbocycles. The van der Waals surface area contributed by atoms with Crippen LogP contribution in [0.15, 0.2) is 28.7 Å². The van der Waals surface area contributed by atoms with Gasteiger partial charge in [-0.3, -0.25) is 9.59 Å². The van der Waals surface area contributed by atoms with E-state index < -0.39 is 11.9 Å². The number of rotatable bonds is 2. The molecule has 0 saturated carbocycles. The number of aliphatic carboxylic acids is 1. The first-order valence-electron chi connectivity index (χ1n) is 7.07. The lowest BCUT2D eigenvalue weighted by Crippen LogP contribution is -2.42. The van der Waals surface area contributed by atoms with Crippen LogP contribution in [0.1, 0.15) is 29.0 Å². The van der Waals surface area contributed by atoms with Gasteiger partial charge in [0.15, 0.2) is 5.76 Å². The number of carbonyl (C=O) groups is 2. The van der Waals surface area contributed by atoms with E-state index in [1.165, 1.54) is 0 Å². The van der Waals surface area contributed by atoms with E-state index >= 15 is 0 Å². The average Bonchev–Trinajstić information content (AvgIpc) is 2.92. The maximum absolute atomic E-state index is 12.5. The van der Waals surface area contributed by atoms with Crippen molar-refractivity contribution in [3.63, 3.8) is 0 Å². The number of furan rings is 1. The number of carboxylic acid groups (broad SMARTS) is 1. The predicted octanol–water partition coefficient (Wildman–Crippen LogP) is 2.68. The smallest absolute Gasteiger partial charge is 0.308 e. The summed E-state index contributed by atoms with van der Waals surface area (Å²) in [5, 5.41) is 9.99. The molecule has 2 heterocycles. The zero-order valence-electron chi connectivity index (χ0n) is 11.8. The number of carbonyl (C=O) groups excluding carboxylic acids is 1. The molecular weight excluding hydrogens is 270 g/mol. The molecule has 2 aromatic rings. The lowest BCUT2D eigenvalue weighted by molar-refractivity contribution is -0.143. The third-order valence-electron chi connectivity index (χ3n) is 4.01. The number of amides is 1. The van der Waals surface area contributed by atoms with Crippen molar-refractivity contribution >= 4 is 22.8 Å². The lowest BCUT2D eigenvalue weighted by atomic mass is 9.98. The number of hydrogen-bond donors (Lipinski definition) is 1. The van der Waals surface area contributed by atoms with Crippen LogP contribution in [0.5, 0.6) is 0 Å². The summed E-state index contributed by atoms with van der Waals surface area (Å²) in [4.78, 5) is 25.1. The Morgan fingerprint density at radius 1 is 1.38 bits per heavy atom. The minimum absolute atomic E-state index is 0.225. The van der Waals surface area contributed by atoms with Gasteiger partial charge < -0.3 is 14.4 Å². The molecule has 110 valence electrons. The number of fused-ring (bicyclic) bond motifs is 1. The monoisotopic (exact) mass is 287 g/mol. The molecule has 1 aliphatic heterocycles. The van der Waals surface area contributed by atoms with Crippen LogP contribution >= 0.6 is 0 Å². The first kappa shape index (κ1) is 13.7. The Bertz CT molecular complexity index is 703. The van der Waals surface area contributed by atoms with Crippen molar-refractivity contribution in [2.45, 2.75) is 19.8 Å². The van der Waals surface area contributed by atoms with Crippen LogP contribution in [-0.4, -0.2) is 35.0 Å².